The molecule has 0 aliphatic carbocycles. The zero-order valence-corrected chi connectivity index (χ0v) is 16.5. The summed E-state index contributed by atoms with van der Waals surface area (Å²) in [7, 11) is 3.17. The quantitative estimate of drug-likeness (QED) is 0.798. The monoisotopic (exact) mass is 382 g/mol. The molecule has 0 bridgehead atoms. The predicted molar refractivity (Wildman–Crippen MR) is 107 cm³/mol. The Hall–Kier alpha value is -3.02. The van der Waals surface area contributed by atoms with Crippen LogP contribution in [0, 0.1) is 0 Å². The summed E-state index contributed by atoms with van der Waals surface area (Å²) in [6.45, 7) is 3.25. The van der Waals surface area contributed by atoms with Crippen molar-refractivity contribution < 1.29 is 19.1 Å². The highest BCUT2D eigenvalue weighted by Crippen LogP contribution is 2.30. The number of hydrogen-bond acceptors (Lipinski definition) is 4. The molecule has 0 aromatic heterocycles. The lowest BCUT2D eigenvalue weighted by atomic mass is 10.1. The first-order valence-electron chi connectivity index (χ1n) is 9.41. The zero-order chi connectivity index (χ0) is 20.1. The van der Waals surface area contributed by atoms with E-state index in [0.717, 1.165) is 24.1 Å². The lowest BCUT2D eigenvalue weighted by molar-refractivity contribution is -0.128. The third-order valence-corrected chi connectivity index (χ3v) is 4.99. The Morgan fingerprint density at radius 2 is 1.93 bits per heavy atom. The molecule has 1 N–H and O–H groups in total. The number of likely N-dealkylation sites (tertiary alicyclic amines) is 1. The molecular formula is C22H26N2O4. The number of carbonyl (C=O) groups excluding carboxylic acids is 2. The number of nitrogens with one attached hydrogen (secondary N) is 1. The van der Waals surface area contributed by atoms with Crippen molar-refractivity contribution in [1.29, 1.82) is 0 Å². The van der Waals surface area contributed by atoms with E-state index in [1.54, 1.807) is 20.3 Å². The minimum Gasteiger partial charge on any atom is -0.493 e. The van der Waals surface area contributed by atoms with Gasteiger partial charge in [-0.05, 0) is 48.7 Å². The number of benzene rings is 2. The molecule has 6 nitrogen and oxygen atoms in total. The van der Waals surface area contributed by atoms with Crippen LogP contribution in [0.25, 0.3) is 0 Å². The summed E-state index contributed by atoms with van der Waals surface area (Å²) in [6.07, 6.45) is 1.52. The normalized spacial score (nSPS) is 14.7. The van der Waals surface area contributed by atoms with E-state index in [1.807, 2.05) is 48.2 Å². The van der Waals surface area contributed by atoms with Crippen molar-refractivity contribution in [2.75, 3.05) is 20.8 Å². The lowest BCUT2D eigenvalue weighted by Gasteiger charge is -2.18. The Balaban J connectivity index is 1.68. The Bertz CT molecular complexity index is 865. The van der Waals surface area contributed by atoms with Gasteiger partial charge in [0.25, 0.3) is 5.91 Å². The van der Waals surface area contributed by atoms with E-state index in [0.29, 0.717) is 30.0 Å². The molecule has 1 aliphatic rings. The van der Waals surface area contributed by atoms with Crippen LogP contribution < -0.4 is 14.8 Å². The molecule has 1 fully saturated rings. The van der Waals surface area contributed by atoms with Gasteiger partial charge in [0, 0.05) is 25.1 Å². The minimum absolute atomic E-state index is 0.156. The van der Waals surface area contributed by atoms with E-state index in [-0.39, 0.29) is 17.9 Å². The number of nitrogens with zero attached hydrogens (tertiary/aromatic N) is 1. The van der Waals surface area contributed by atoms with E-state index in [9.17, 15) is 9.59 Å². The number of amides is 2. The van der Waals surface area contributed by atoms with Gasteiger partial charge < -0.3 is 19.7 Å². The molecule has 2 amide bonds. The summed E-state index contributed by atoms with van der Waals surface area (Å²) in [5, 5.41) is 3.02. The fraction of sp³-hybridized carbons (Fsp3) is 0.364. The summed E-state index contributed by atoms with van der Waals surface area (Å²) in [5.41, 5.74) is 2.46. The summed E-state index contributed by atoms with van der Waals surface area (Å²) in [4.78, 5) is 26.4. The maximum atomic E-state index is 12.7. The average Bonchev–Trinajstić information content (AvgIpc) is 3.11. The van der Waals surface area contributed by atoms with Gasteiger partial charge in [-0.3, -0.25) is 9.59 Å². The van der Waals surface area contributed by atoms with Crippen LogP contribution in [0.5, 0.6) is 11.5 Å². The SMILES string of the molecule is COc1ccc(C(C)NC(=O)c2cccc(CN3CCCC3=O)c2)cc1OC. The highest BCUT2D eigenvalue weighted by atomic mass is 16.5. The van der Waals surface area contributed by atoms with Gasteiger partial charge in [-0.2, -0.15) is 0 Å². The van der Waals surface area contributed by atoms with Crippen LogP contribution in [0.3, 0.4) is 0 Å². The van der Waals surface area contributed by atoms with Crippen molar-refractivity contribution in [3.63, 3.8) is 0 Å². The molecular weight excluding hydrogens is 356 g/mol. The van der Waals surface area contributed by atoms with E-state index in [4.69, 9.17) is 9.47 Å². The van der Waals surface area contributed by atoms with Crippen molar-refractivity contribution in [3.05, 3.63) is 59.2 Å². The Labute approximate surface area is 165 Å². The molecule has 1 atom stereocenters. The van der Waals surface area contributed by atoms with Crippen molar-refractivity contribution in [2.45, 2.75) is 32.4 Å². The second kappa shape index (κ2) is 8.78. The zero-order valence-electron chi connectivity index (χ0n) is 16.5. The molecule has 1 heterocycles. The maximum absolute atomic E-state index is 12.7. The van der Waals surface area contributed by atoms with Crippen LogP contribution in [0.2, 0.25) is 0 Å². The molecule has 1 saturated heterocycles. The third-order valence-electron chi connectivity index (χ3n) is 4.99. The summed E-state index contributed by atoms with van der Waals surface area (Å²) in [6, 6.07) is 12.8. The first kappa shape index (κ1) is 19.7. The van der Waals surface area contributed by atoms with E-state index in [2.05, 4.69) is 5.32 Å². The molecule has 3 rings (SSSR count). The predicted octanol–water partition coefficient (Wildman–Crippen LogP) is 3.32. The maximum Gasteiger partial charge on any atom is 0.251 e. The molecule has 148 valence electrons. The van der Waals surface area contributed by atoms with Crippen LogP contribution in [0.4, 0.5) is 0 Å². The Morgan fingerprint density at radius 1 is 1.14 bits per heavy atom. The molecule has 6 heteroatoms. The minimum atomic E-state index is -0.198. The fourth-order valence-corrected chi connectivity index (χ4v) is 3.39. The third kappa shape index (κ3) is 4.44. The smallest absolute Gasteiger partial charge is 0.251 e. The van der Waals surface area contributed by atoms with Gasteiger partial charge in [0.1, 0.15) is 0 Å². The van der Waals surface area contributed by atoms with Crippen LogP contribution >= 0.6 is 0 Å². The molecule has 1 unspecified atom stereocenters. The number of ether oxygens (including phenoxy) is 2. The van der Waals surface area contributed by atoms with Gasteiger partial charge in [0.2, 0.25) is 5.91 Å². The molecule has 0 radical (unpaired) electrons. The van der Waals surface area contributed by atoms with Crippen molar-refractivity contribution in [2.24, 2.45) is 0 Å². The molecule has 1 aliphatic heterocycles. The second-order valence-corrected chi connectivity index (χ2v) is 6.93. The largest absolute Gasteiger partial charge is 0.493 e. The average molecular weight is 382 g/mol. The van der Waals surface area contributed by atoms with Crippen LogP contribution in [-0.2, 0) is 11.3 Å². The topological polar surface area (TPSA) is 67.9 Å². The first-order valence-corrected chi connectivity index (χ1v) is 9.41. The van der Waals surface area contributed by atoms with Gasteiger partial charge >= 0.3 is 0 Å². The van der Waals surface area contributed by atoms with Crippen molar-refractivity contribution >= 4 is 11.8 Å². The molecule has 0 spiro atoms. The van der Waals surface area contributed by atoms with Crippen LogP contribution in [0.15, 0.2) is 42.5 Å². The number of carbonyl (C=O) groups is 2. The number of hydrogen-bond donors (Lipinski definition) is 1. The fourth-order valence-electron chi connectivity index (χ4n) is 3.39. The Morgan fingerprint density at radius 3 is 2.61 bits per heavy atom. The number of rotatable bonds is 7. The Kier molecular flexibility index (Phi) is 6.19. The molecule has 2 aromatic rings. The van der Waals surface area contributed by atoms with Crippen molar-refractivity contribution in [3.8, 4) is 11.5 Å². The summed E-state index contributed by atoms with van der Waals surface area (Å²) in [5.74, 6) is 1.29. The highest BCUT2D eigenvalue weighted by molar-refractivity contribution is 5.94. The van der Waals surface area contributed by atoms with E-state index < -0.39 is 0 Å². The standard InChI is InChI=1S/C22H26N2O4/c1-15(17-9-10-19(27-2)20(13-17)28-3)23-22(26)18-7-4-6-16(12-18)14-24-11-5-8-21(24)25/h4,6-7,9-10,12-13,15H,5,8,11,14H2,1-3H3,(H,23,26). The lowest BCUT2D eigenvalue weighted by Crippen LogP contribution is -2.27. The van der Waals surface area contributed by atoms with Gasteiger partial charge in [-0.25, -0.2) is 0 Å². The van der Waals surface area contributed by atoms with Gasteiger partial charge in [0.15, 0.2) is 11.5 Å². The van der Waals surface area contributed by atoms with Gasteiger partial charge in [0.05, 0.1) is 20.3 Å². The van der Waals surface area contributed by atoms with Crippen LogP contribution in [-0.4, -0.2) is 37.5 Å². The van der Waals surface area contributed by atoms with Crippen molar-refractivity contribution in [1.82, 2.24) is 10.2 Å². The number of methoxy groups -OCH3 is 2. The van der Waals surface area contributed by atoms with E-state index in [1.165, 1.54) is 0 Å². The van der Waals surface area contributed by atoms with E-state index >= 15 is 0 Å². The van der Waals surface area contributed by atoms with Crippen LogP contribution in [0.1, 0.15) is 47.3 Å². The summed E-state index contributed by atoms with van der Waals surface area (Å²) >= 11 is 0. The van der Waals surface area contributed by atoms with Gasteiger partial charge in [-0.1, -0.05) is 18.2 Å². The molecule has 28 heavy (non-hydrogen) atoms. The molecule has 2 aromatic carbocycles. The highest BCUT2D eigenvalue weighted by Gasteiger charge is 2.20. The summed E-state index contributed by atoms with van der Waals surface area (Å²) < 4.78 is 10.6. The molecule has 0 saturated carbocycles. The second-order valence-electron chi connectivity index (χ2n) is 6.93. The first-order chi connectivity index (χ1) is 13.5. The van der Waals surface area contributed by atoms with Gasteiger partial charge in [-0.15, -0.1) is 0 Å².